The SMILES string of the molecule is Cc1ccccc1NC(=O)C1(O)CCNCC1. The Labute approximate surface area is 101 Å². The lowest BCUT2D eigenvalue weighted by molar-refractivity contribution is -0.136. The number of carbonyl (C=O) groups is 1. The summed E-state index contributed by atoms with van der Waals surface area (Å²) >= 11 is 0. The van der Waals surface area contributed by atoms with E-state index >= 15 is 0 Å². The molecule has 1 aliphatic heterocycles. The van der Waals surface area contributed by atoms with Crippen molar-refractivity contribution in [2.75, 3.05) is 18.4 Å². The van der Waals surface area contributed by atoms with Crippen molar-refractivity contribution >= 4 is 11.6 Å². The quantitative estimate of drug-likeness (QED) is 0.716. The molecule has 0 bridgehead atoms. The van der Waals surface area contributed by atoms with Crippen molar-refractivity contribution in [1.29, 1.82) is 0 Å². The minimum atomic E-state index is -1.23. The van der Waals surface area contributed by atoms with Crippen LogP contribution < -0.4 is 10.6 Å². The van der Waals surface area contributed by atoms with E-state index in [0.717, 1.165) is 11.3 Å². The van der Waals surface area contributed by atoms with Crippen LogP contribution in [-0.2, 0) is 4.79 Å². The van der Waals surface area contributed by atoms with E-state index in [-0.39, 0.29) is 5.91 Å². The van der Waals surface area contributed by atoms with Crippen molar-refractivity contribution < 1.29 is 9.90 Å². The fourth-order valence-corrected chi connectivity index (χ4v) is 2.02. The summed E-state index contributed by atoms with van der Waals surface area (Å²) in [5.74, 6) is -0.298. The predicted molar refractivity (Wildman–Crippen MR) is 66.9 cm³/mol. The Balaban J connectivity index is 2.08. The minimum Gasteiger partial charge on any atom is -0.380 e. The summed E-state index contributed by atoms with van der Waals surface area (Å²) in [6.07, 6.45) is 0.926. The number of amides is 1. The predicted octanol–water partition coefficient (Wildman–Crippen LogP) is 1.05. The molecule has 1 saturated heterocycles. The summed E-state index contributed by atoms with van der Waals surface area (Å²) in [5.41, 5.74) is 0.538. The third-order valence-corrected chi connectivity index (χ3v) is 3.25. The van der Waals surface area contributed by atoms with Crippen LogP contribution in [0.25, 0.3) is 0 Å². The zero-order valence-corrected chi connectivity index (χ0v) is 9.99. The number of carbonyl (C=O) groups excluding carboxylic acids is 1. The molecule has 2 rings (SSSR count). The van der Waals surface area contributed by atoms with Gasteiger partial charge in [0.15, 0.2) is 0 Å². The molecule has 17 heavy (non-hydrogen) atoms. The van der Waals surface area contributed by atoms with E-state index < -0.39 is 5.60 Å². The zero-order valence-electron chi connectivity index (χ0n) is 9.99. The molecule has 0 unspecified atom stereocenters. The lowest BCUT2D eigenvalue weighted by Crippen LogP contribution is -2.50. The molecule has 0 saturated carbocycles. The average Bonchev–Trinajstić information content (AvgIpc) is 2.33. The number of hydrogen-bond acceptors (Lipinski definition) is 3. The molecule has 0 aliphatic carbocycles. The number of piperidine rings is 1. The smallest absolute Gasteiger partial charge is 0.256 e. The molecule has 4 nitrogen and oxygen atoms in total. The standard InChI is InChI=1S/C13H18N2O2/c1-10-4-2-3-5-11(10)15-12(16)13(17)6-8-14-9-7-13/h2-5,14,17H,6-9H2,1H3,(H,15,16). The summed E-state index contributed by atoms with van der Waals surface area (Å²) in [5, 5.41) is 16.2. The first kappa shape index (κ1) is 12.1. The molecule has 0 radical (unpaired) electrons. The Morgan fingerprint density at radius 1 is 1.35 bits per heavy atom. The second kappa shape index (κ2) is 4.85. The van der Waals surface area contributed by atoms with Crippen LogP contribution >= 0.6 is 0 Å². The number of para-hydroxylation sites is 1. The molecular formula is C13H18N2O2. The fraction of sp³-hybridized carbons (Fsp3) is 0.462. The molecule has 1 fully saturated rings. The highest BCUT2D eigenvalue weighted by Crippen LogP contribution is 2.21. The first-order valence-electron chi connectivity index (χ1n) is 5.92. The fourth-order valence-electron chi connectivity index (χ4n) is 2.02. The van der Waals surface area contributed by atoms with Gasteiger partial charge in [-0.2, -0.15) is 0 Å². The van der Waals surface area contributed by atoms with Crippen molar-refractivity contribution in [1.82, 2.24) is 5.32 Å². The lowest BCUT2D eigenvalue weighted by Gasteiger charge is -2.31. The van der Waals surface area contributed by atoms with Crippen LogP contribution in [0, 0.1) is 6.92 Å². The summed E-state index contributed by atoms with van der Waals surface area (Å²) < 4.78 is 0. The van der Waals surface area contributed by atoms with Gasteiger partial charge in [0, 0.05) is 5.69 Å². The topological polar surface area (TPSA) is 61.4 Å². The van der Waals surface area contributed by atoms with Crippen molar-refractivity contribution in [2.24, 2.45) is 0 Å². The Bertz CT molecular complexity index is 412. The normalized spacial score (nSPS) is 18.7. The van der Waals surface area contributed by atoms with Crippen LogP contribution in [0.3, 0.4) is 0 Å². The van der Waals surface area contributed by atoms with Gasteiger partial charge in [0.2, 0.25) is 0 Å². The number of rotatable bonds is 2. The first-order chi connectivity index (χ1) is 8.12. The average molecular weight is 234 g/mol. The van der Waals surface area contributed by atoms with E-state index in [1.807, 2.05) is 31.2 Å². The summed E-state index contributed by atoms with van der Waals surface area (Å²) in [7, 11) is 0. The second-order valence-corrected chi connectivity index (χ2v) is 4.55. The van der Waals surface area contributed by atoms with Crippen LogP contribution in [0.15, 0.2) is 24.3 Å². The van der Waals surface area contributed by atoms with Gasteiger partial charge in [0.1, 0.15) is 5.60 Å². The van der Waals surface area contributed by atoms with Gasteiger partial charge in [0.05, 0.1) is 0 Å². The number of aryl methyl sites for hydroxylation is 1. The van der Waals surface area contributed by atoms with E-state index in [9.17, 15) is 9.90 Å². The van der Waals surface area contributed by atoms with Gasteiger partial charge in [0.25, 0.3) is 5.91 Å². The van der Waals surface area contributed by atoms with Gasteiger partial charge in [-0.15, -0.1) is 0 Å². The van der Waals surface area contributed by atoms with E-state index in [1.54, 1.807) is 0 Å². The highest BCUT2D eigenvalue weighted by atomic mass is 16.3. The molecule has 0 spiro atoms. The lowest BCUT2D eigenvalue weighted by atomic mass is 9.91. The molecule has 1 heterocycles. The first-order valence-corrected chi connectivity index (χ1v) is 5.92. The number of benzene rings is 1. The van der Waals surface area contributed by atoms with E-state index in [4.69, 9.17) is 0 Å². The van der Waals surface area contributed by atoms with Crippen LogP contribution in [0.4, 0.5) is 5.69 Å². The molecule has 1 aromatic rings. The Morgan fingerprint density at radius 2 is 2.00 bits per heavy atom. The maximum Gasteiger partial charge on any atom is 0.256 e. The molecule has 0 aromatic heterocycles. The molecule has 4 heteroatoms. The molecule has 92 valence electrons. The van der Waals surface area contributed by atoms with Gasteiger partial charge < -0.3 is 15.7 Å². The third kappa shape index (κ3) is 2.65. The number of anilines is 1. The maximum atomic E-state index is 12.1. The van der Waals surface area contributed by atoms with Gasteiger partial charge in [-0.1, -0.05) is 18.2 Å². The summed E-state index contributed by atoms with van der Waals surface area (Å²) in [6.45, 7) is 3.29. The number of nitrogens with one attached hydrogen (secondary N) is 2. The van der Waals surface area contributed by atoms with Crippen LogP contribution in [0.1, 0.15) is 18.4 Å². The van der Waals surface area contributed by atoms with Crippen LogP contribution in [0.2, 0.25) is 0 Å². The van der Waals surface area contributed by atoms with Gasteiger partial charge in [-0.25, -0.2) is 0 Å². The van der Waals surface area contributed by atoms with Crippen LogP contribution in [-0.4, -0.2) is 29.7 Å². The van der Waals surface area contributed by atoms with Gasteiger partial charge in [-0.3, -0.25) is 4.79 Å². The highest BCUT2D eigenvalue weighted by molar-refractivity contribution is 5.97. The molecule has 1 aromatic carbocycles. The Kier molecular flexibility index (Phi) is 3.45. The van der Waals surface area contributed by atoms with E-state index in [0.29, 0.717) is 25.9 Å². The largest absolute Gasteiger partial charge is 0.380 e. The number of aliphatic hydroxyl groups is 1. The highest BCUT2D eigenvalue weighted by Gasteiger charge is 2.37. The Hall–Kier alpha value is -1.39. The molecule has 1 amide bonds. The summed E-state index contributed by atoms with van der Waals surface area (Å²) in [6, 6.07) is 7.57. The van der Waals surface area contributed by atoms with Crippen molar-refractivity contribution in [3.05, 3.63) is 29.8 Å². The van der Waals surface area contributed by atoms with Crippen molar-refractivity contribution in [3.63, 3.8) is 0 Å². The maximum absolute atomic E-state index is 12.1. The number of hydrogen-bond donors (Lipinski definition) is 3. The van der Waals surface area contributed by atoms with Crippen molar-refractivity contribution in [3.8, 4) is 0 Å². The Morgan fingerprint density at radius 3 is 2.65 bits per heavy atom. The molecule has 1 aliphatic rings. The van der Waals surface area contributed by atoms with Gasteiger partial charge >= 0.3 is 0 Å². The summed E-state index contributed by atoms with van der Waals surface area (Å²) in [4.78, 5) is 12.1. The van der Waals surface area contributed by atoms with E-state index in [1.165, 1.54) is 0 Å². The molecule has 0 atom stereocenters. The minimum absolute atomic E-state index is 0.298. The van der Waals surface area contributed by atoms with Crippen molar-refractivity contribution in [2.45, 2.75) is 25.4 Å². The van der Waals surface area contributed by atoms with Crippen LogP contribution in [0.5, 0.6) is 0 Å². The second-order valence-electron chi connectivity index (χ2n) is 4.55. The molecular weight excluding hydrogens is 216 g/mol. The van der Waals surface area contributed by atoms with Gasteiger partial charge in [-0.05, 0) is 44.5 Å². The zero-order chi connectivity index (χ0) is 12.3. The molecule has 3 N–H and O–H groups in total. The monoisotopic (exact) mass is 234 g/mol. The third-order valence-electron chi connectivity index (χ3n) is 3.25. The van der Waals surface area contributed by atoms with E-state index in [2.05, 4.69) is 10.6 Å².